The number of aryl methyl sites for hydroxylation is 1. The highest BCUT2D eigenvalue weighted by Crippen LogP contribution is 2.29. The molecule has 0 saturated carbocycles. The zero-order valence-corrected chi connectivity index (χ0v) is 17.6. The zero-order valence-electron chi connectivity index (χ0n) is 17.6. The van der Waals surface area contributed by atoms with Crippen LogP contribution >= 0.6 is 0 Å². The van der Waals surface area contributed by atoms with E-state index in [-0.39, 0.29) is 0 Å². The van der Waals surface area contributed by atoms with E-state index >= 15 is 0 Å². The molecule has 0 radical (unpaired) electrons. The van der Waals surface area contributed by atoms with Crippen LogP contribution in [0.2, 0.25) is 0 Å². The first-order chi connectivity index (χ1) is 13.3. The molecule has 5 heteroatoms. The number of nitrogens with zero attached hydrogens (tertiary/aromatic N) is 4. The number of rotatable bonds is 6. The van der Waals surface area contributed by atoms with Crippen LogP contribution in [0.5, 0.6) is 0 Å². The van der Waals surface area contributed by atoms with Crippen LogP contribution in [0.25, 0.3) is 0 Å². The van der Waals surface area contributed by atoms with Crippen LogP contribution in [-0.4, -0.2) is 35.9 Å². The number of halogens is 1. The highest BCUT2D eigenvalue weighted by Gasteiger charge is 2.25. The second-order valence-corrected chi connectivity index (χ2v) is 7.00. The summed E-state index contributed by atoms with van der Waals surface area (Å²) >= 11 is 0. The third-order valence-corrected chi connectivity index (χ3v) is 4.66. The molecule has 0 bridgehead atoms. The third-order valence-electron chi connectivity index (χ3n) is 4.66. The minimum absolute atomic E-state index is 0.389. The summed E-state index contributed by atoms with van der Waals surface area (Å²) in [5, 5.41) is 0. The van der Waals surface area contributed by atoms with Gasteiger partial charge in [0.05, 0.1) is 11.4 Å². The van der Waals surface area contributed by atoms with E-state index in [1.807, 2.05) is 43.3 Å². The van der Waals surface area contributed by atoms with E-state index in [9.17, 15) is 4.39 Å². The molecule has 0 amide bonds. The predicted octanol–water partition coefficient (Wildman–Crippen LogP) is 5.14. The molecular formula is C23H29FN4. The lowest BCUT2D eigenvalue weighted by Gasteiger charge is -2.23. The Morgan fingerprint density at radius 2 is 2.11 bits per heavy atom. The Labute approximate surface area is 167 Å². The van der Waals surface area contributed by atoms with Crippen LogP contribution in [0.4, 0.5) is 4.39 Å². The fourth-order valence-corrected chi connectivity index (χ4v) is 3.14. The summed E-state index contributed by atoms with van der Waals surface area (Å²) in [5.74, 6) is 0.782. The highest BCUT2D eigenvalue weighted by atomic mass is 19.1. The zero-order chi connectivity index (χ0) is 20.9. The molecule has 0 unspecified atom stereocenters. The molecule has 0 N–H and O–H groups in total. The molecule has 1 aromatic rings. The van der Waals surface area contributed by atoms with Gasteiger partial charge in [0.15, 0.2) is 0 Å². The van der Waals surface area contributed by atoms with E-state index < -0.39 is 5.67 Å². The molecule has 148 valence electrons. The van der Waals surface area contributed by atoms with E-state index in [1.54, 1.807) is 25.5 Å². The first-order valence-corrected chi connectivity index (χ1v) is 9.41. The summed E-state index contributed by atoms with van der Waals surface area (Å²) in [7, 11) is 3.69. The SMILES string of the molecule is C=CC(=C1/N=CC=CN1C)/C(=C\C)C(=NC)c1cc(C(C)(C)F)ncc1CC. The molecular weight excluding hydrogens is 351 g/mol. The third kappa shape index (κ3) is 4.35. The van der Waals surface area contributed by atoms with Gasteiger partial charge in [-0.25, -0.2) is 9.38 Å². The van der Waals surface area contributed by atoms with Crippen molar-refractivity contribution in [3.05, 3.63) is 77.1 Å². The van der Waals surface area contributed by atoms with Gasteiger partial charge in [-0.05, 0) is 44.9 Å². The Hall–Kier alpha value is -2.82. The van der Waals surface area contributed by atoms with Gasteiger partial charge in [-0.2, -0.15) is 0 Å². The van der Waals surface area contributed by atoms with Crippen molar-refractivity contribution < 1.29 is 4.39 Å². The van der Waals surface area contributed by atoms with Gasteiger partial charge in [-0.3, -0.25) is 9.98 Å². The average molecular weight is 381 g/mol. The lowest BCUT2D eigenvalue weighted by atomic mass is 9.90. The molecule has 1 aliphatic rings. The molecule has 0 saturated heterocycles. The Morgan fingerprint density at radius 1 is 1.39 bits per heavy atom. The summed E-state index contributed by atoms with van der Waals surface area (Å²) in [5.41, 5.74) is 3.29. The first-order valence-electron chi connectivity index (χ1n) is 9.41. The molecule has 1 aromatic heterocycles. The van der Waals surface area contributed by atoms with Crippen LogP contribution in [0, 0.1) is 0 Å². The van der Waals surface area contributed by atoms with Gasteiger partial charge in [0, 0.05) is 49.4 Å². The Kier molecular flexibility index (Phi) is 6.84. The normalized spacial score (nSPS) is 17.2. The van der Waals surface area contributed by atoms with E-state index in [1.165, 1.54) is 13.8 Å². The van der Waals surface area contributed by atoms with E-state index in [2.05, 4.69) is 28.5 Å². The second kappa shape index (κ2) is 8.91. The van der Waals surface area contributed by atoms with Crippen LogP contribution < -0.4 is 0 Å². The minimum Gasteiger partial charge on any atom is -0.336 e. The number of aromatic nitrogens is 1. The summed E-state index contributed by atoms with van der Waals surface area (Å²) in [6.07, 6.45) is 11.9. The van der Waals surface area contributed by atoms with Gasteiger partial charge in [0.25, 0.3) is 0 Å². The van der Waals surface area contributed by atoms with Crippen LogP contribution in [0.15, 0.2) is 70.2 Å². The van der Waals surface area contributed by atoms with Gasteiger partial charge in [0.1, 0.15) is 11.5 Å². The highest BCUT2D eigenvalue weighted by molar-refractivity contribution is 6.16. The summed E-state index contributed by atoms with van der Waals surface area (Å²) < 4.78 is 14.6. The number of allylic oxidation sites excluding steroid dienone is 5. The largest absolute Gasteiger partial charge is 0.336 e. The molecule has 2 heterocycles. The van der Waals surface area contributed by atoms with Crippen molar-refractivity contribution in [3.63, 3.8) is 0 Å². The molecule has 0 fully saturated rings. The quantitative estimate of drug-likeness (QED) is 0.641. The van der Waals surface area contributed by atoms with Gasteiger partial charge >= 0.3 is 0 Å². The number of hydrogen-bond donors (Lipinski definition) is 0. The van der Waals surface area contributed by atoms with E-state index in [4.69, 9.17) is 0 Å². The molecule has 0 spiro atoms. The molecule has 0 aromatic carbocycles. The molecule has 2 rings (SSSR count). The number of hydrogen-bond acceptors (Lipinski definition) is 4. The summed E-state index contributed by atoms with van der Waals surface area (Å²) in [6.45, 7) is 11.0. The van der Waals surface area contributed by atoms with E-state index in [0.717, 1.165) is 40.2 Å². The molecule has 4 nitrogen and oxygen atoms in total. The van der Waals surface area contributed by atoms with Crippen molar-refractivity contribution in [1.82, 2.24) is 9.88 Å². The lowest BCUT2D eigenvalue weighted by molar-refractivity contribution is 0.214. The predicted molar refractivity (Wildman–Crippen MR) is 117 cm³/mol. The van der Waals surface area contributed by atoms with Crippen molar-refractivity contribution in [3.8, 4) is 0 Å². The monoisotopic (exact) mass is 380 g/mol. The smallest absolute Gasteiger partial charge is 0.147 e. The Bertz CT molecular complexity index is 896. The van der Waals surface area contributed by atoms with Crippen molar-refractivity contribution in [2.24, 2.45) is 9.98 Å². The Morgan fingerprint density at radius 3 is 2.61 bits per heavy atom. The van der Waals surface area contributed by atoms with Gasteiger partial charge in [-0.1, -0.05) is 25.7 Å². The molecule has 0 atom stereocenters. The molecule has 28 heavy (non-hydrogen) atoms. The number of aliphatic imine (C=N–C) groups is 2. The number of alkyl halides is 1. The maximum Gasteiger partial charge on any atom is 0.147 e. The number of pyridine rings is 1. The van der Waals surface area contributed by atoms with Gasteiger partial charge in [-0.15, -0.1) is 0 Å². The van der Waals surface area contributed by atoms with Crippen LogP contribution in [0.3, 0.4) is 0 Å². The Balaban J connectivity index is 2.70. The fourth-order valence-electron chi connectivity index (χ4n) is 3.14. The van der Waals surface area contributed by atoms with E-state index in [0.29, 0.717) is 5.69 Å². The average Bonchev–Trinajstić information content (AvgIpc) is 2.68. The van der Waals surface area contributed by atoms with Gasteiger partial charge < -0.3 is 4.90 Å². The first kappa shape index (κ1) is 21.5. The maximum atomic E-state index is 14.6. The minimum atomic E-state index is -1.53. The van der Waals surface area contributed by atoms with Crippen molar-refractivity contribution in [2.75, 3.05) is 14.1 Å². The topological polar surface area (TPSA) is 40.9 Å². The molecule has 1 aliphatic heterocycles. The van der Waals surface area contributed by atoms with Crippen molar-refractivity contribution >= 4 is 11.9 Å². The summed E-state index contributed by atoms with van der Waals surface area (Å²) in [6, 6.07) is 1.81. The van der Waals surface area contributed by atoms with Crippen molar-refractivity contribution in [1.29, 1.82) is 0 Å². The standard InChI is InChI=1S/C23H29FN4/c1-8-16-15-27-20(23(4,5)24)14-19(16)21(25-6)17(9-2)18(10-3)22-26-12-11-13-28(22)7/h9-15H,3,8H2,1-2,4-7H3/b17-9+,22-18+,25-21?. The maximum absolute atomic E-state index is 14.6. The summed E-state index contributed by atoms with van der Waals surface area (Å²) in [4.78, 5) is 15.4. The lowest BCUT2D eigenvalue weighted by Crippen LogP contribution is -2.19. The second-order valence-electron chi connectivity index (χ2n) is 7.00. The van der Waals surface area contributed by atoms with Crippen LogP contribution in [0.1, 0.15) is 44.5 Å². The van der Waals surface area contributed by atoms with Crippen molar-refractivity contribution in [2.45, 2.75) is 39.8 Å². The molecule has 0 aliphatic carbocycles. The van der Waals surface area contributed by atoms with Gasteiger partial charge in [0.2, 0.25) is 0 Å². The fraction of sp³-hybridized carbons (Fsp3) is 0.348. The van der Waals surface area contributed by atoms with Crippen LogP contribution in [-0.2, 0) is 12.1 Å².